The van der Waals surface area contributed by atoms with E-state index in [1.165, 1.54) is 0 Å². The fourth-order valence-corrected chi connectivity index (χ4v) is 4.16. The van der Waals surface area contributed by atoms with E-state index in [9.17, 15) is 9.59 Å². The third-order valence-corrected chi connectivity index (χ3v) is 5.69. The molecule has 0 N–H and O–H groups in total. The van der Waals surface area contributed by atoms with Gasteiger partial charge < -0.3 is 9.80 Å². The number of fused-ring (bicyclic) bond motifs is 1. The number of benzene rings is 2. The van der Waals surface area contributed by atoms with E-state index in [1.54, 1.807) is 16.2 Å². The number of hydrogen-bond donors (Lipinski definition) is 0. The molecule has 0 spiro atoms. The van der Waals surface area contributed by atoms with Crippen molar-refractivity contribution in [1.29, 1.82) is 0 Å². The minimum atomic E-state index is -0.153. The number of para-hydroxylation sites is 2. The molecule has 6 nitrogen and oxygen atoms in total. The molecule has 1 aromatic heterocycles. The number of aryl methyl sites for hydroxylation is 1. The molecule has 1 unspecified atom stereocenters. The van der Waals surface area contributed by atoms with Crippen molar-refractivity contribution in [2.45, 2.75) is 25.4 Å². The first-order valence-electron chi connectivity index (χ1n) is 9.68. The average molecular weight is 378 g/mol. The summed E-state index contributed by atoms with van der Waals surface area (Å²) in [6.45, 7) is 0.805. The standard InChI is InChI=1S/C22H26N4O2/c1-23(2)17-9-6-8-16(14-17)18-12-7-13-25(18)21(27)15-26-20-11-5-4-10-19(20)24(3)22(26)28/h4-6,8-11,14,18H,7,12-13,15H2,1-3H3. The lowest BCUT2D eigenvalue weighted by Crippen LogP contribution is -2.36. The van der Waals surface area contributed by atoms with Crippen LogP contribution in [0, 0.1) is 0 Å². The van der Waals surface area contributed by atoms with Crippen molar-refractivity contribution in [2.24, 2.45) is 7.05 Å². The van der Waals surface area contributed by atoms with Crippen LogP contribution in [0.1, 0.15) is 24.4 Å². The number of carbonyl (C=O) groups excluding carboxylic acids is 1. The van der Waals surface area contributed by atoms with Gasteiger partial charge in [0.1, 0.15) is 6.54 Å². The Morgan fingerprint density at radius 2 is 1.86 bits per heavy atom. The largest absolute Gasteiger partial charge is 0.378 e. The van der Waals surface area contributed by atoms with Gasteiger partial charge in [-0.05, 0) is 42.7 Å². The molecule has 0 aliphatic carbocycles. The van der Waals surface area contributed by atoms with Crippen LogP contribution in [-0.4, -0.2) is 40.6 Å². The number of aromatic nitrogens is 2. The van der Waals surface area contributed by atoms with Crippen LogP contribution in [0.5, 0.6) is 0 Å². The Morgan fingerprint density at radius 1 is 1.11 bits per heavy atom. The number of hydrogen-bond acceptors (Lipinski definition) is 3. The summed E-state index contributed by atoms with van der Waals surface area (Å²) in [7, 11) is 5.78. The van der Waals surface area contributed by atoms with Crippen LogP contribution < -0.4 is 10.6 Å². The molecule has 1 amide bonds. The number of rotatable bonds is 4. The van der Waals surface area contributed by atoms with Crippen LogP contribution in [-0.2, 0) is 18.4 Å². The molecule has 1 aliphatic rings. The van der Waals surface area contributed by atoms with Gasteiger partial charge in [0, 0.05) is 33.4 Å². The molecule has 0 bridgehead atoms. The first-order chi connectivity index (χ1) is 13.5. The maximum absolute atomic E-state index is 13.2. The maximum atomic E-state index is 13.2. The maximum Gasteiger partial charge on any atom is 0.329 e. The molecule has 1 atom stereocenters. The predicted molar refractivity (Wildman–Crippen MR) is 112 cm³/mol. The number of imidazole rings is 1. The van der Waals surface area contributed by atoms with Crippen LogP contribution in [0.15, 0.2) is 53.3 Å². The molecule has 2 aromatic carbocycles. The number of likely N-dealkylation sites (tertiary alicyclic amines) is 1. The van der Waals surface area contributed by atoms with Crippen molar-refractivity contribution in [3.8, 4) is 0 Å². The molecule has 1 saturated heterocycles. The molecule has 28 heavy (non-hydrogen) atoms. The van der Waals surface area contributed by atoms with Gasteiger partial charge in [-0.2, -0.15) is 0 Å². The van der Waals surface area contributed by atoms with Gasteiger partial charge in [-0.3, -0.25) is 13.9 Å². The second kappa shape index (κ2) is 7.19. The Kier molecular flexibility index (Phi) is 4.71. The van der Waals surface area contributed by atoms with Crippen molar-refractivity contribution in [1.82, 2.24) is 14.0 Å². The lowest BCUT2D eigenvalue weighted by atomic mass is 10.0. The summed E-state index contributed by atoms with van der Waals surface area (Å²) in [6.07, 6.45) is 1.93. The van der Waals surface area contributed by atoms with Gasteiger partial charge in [0.15, 0.2) is 0 Å². The molecular formula is C22H26N4O2. The quantitative estimate of drug-likeness (QED) is 0.701. The Balaban J connectivity index is 1.63. The summed E-state index contributed by atoms with van der Waals surface area (Å²) in [5, 5.41) is 0. The summed E-state index contributed by atoms with van der Waals surface area (Å²) in [6, 6.07) is 16.0. The topological polar surface area (TPSA) is 50.5 Å². The average Bonchev–Trinajstić information content (AvgIpc) is 3.28. The number of nitrogens with zero attached hydrogens (tertiary/aromatic N) is 4. The number of anilines is 1. The first-order valence-corrected chi connectivity index (χ1v) is 9.68. The second-order valence-corrected chi connectivity index (χ2v) is 7.65. The summed E-state index contributed by atoms with van der Waals surface area (Å²) in [5.41, 5.74) is 3.77. The summed E-state index contributed by atoms with van der Waals surface area (Å²) in [4.78, 5) is 29.8. The molecular weight excluding hydrogens is 352 g/mol. The van der Waals surface area contributed by atoms with E-state index in [4.69, 9.17) is 0 Å². The Bertz CT molecular complexity index is 1080. The third-order valence-electron chi connectivity index (χ3n) is 5.69. The molecule has 1 aliphatic heterocycles. The minimum Gasteiger partial charge on any atom is -0.378 e. The van der Waals surface area contributed by atoms with E-state index in [2.05, 4.69) is 23.1 Å². The van der Waals surface area contributed by atoms with Gasteiger partial charge in [-0.15, -0.1) is 0 Å². The van der Waals surface area contributed by atoms with Gasteiger partial charge in [-0.25, -0.2) is 4.79 Å². The lowest BCUT2D eigenvalue weighted by molar-refractivity contribution is -0.132. The normalized spacial score (nSPS) is 16.7. The summed E-state index contributed by atoms with van der Waals surface area (Å²) in [5.74, 6) is -0.00351. The molecule has 3 aromatic rings. The van der Waals surface area contributed by atoms with Gasteiger partial charge in [0.05, 0.1) is 17.1 Å². The van der Waals surface area contributed by atoms with Gasteiger partial charge >= 0.3 is 5.69 Å². The van der Waals surface area contributed by atoms with E-state index < -0.39 is 0 Å². The predicted octanol–water partition coefficient (Wildman–Crippen LogP) is 2.77. The van der Waals surface area contributed by atoms with E-state index >= 15 is 0 Å². The molecule has 0 radical (unpaired) electrons. The third kappa shape index (κ3) is 3.09. The molecule has 2 heterocycles. The van der Waals surface area contributed by atoms with Crippen LogP contribution >= 0.6 is 0 Å². The zero-order chi connectivity index (χ0) is 19.8. The Labute approximate surface area is 164 Å². The highest BCUT2D eigenvalue weighted by Crippen LogP contribution is 2.33. The van der Waals surface area contributed by atoms with E-state index in [-0.39, 0.29) is 24.2 Å². The molecule has 1 fully saturated rings. The van der Waals surface area contributed by atoms with Gasteiger partial charge in [0.2, 0.25) is 5.91 Å². The highest BCUT2D eigenvalue weighted by Gasteiger charge is 2.30. The van der Waals surface area contributed by atoms with Crippen molar-refractivity contribution >= 4 is 22.6 Å². The molecule has 146 valence electrons. The zero-order valence-electron chi connectivity index (χ0n) is 16.6. The zero-order valence-corrected chi connectivity index (χ0v) is 16.6. The molecule has 4 rings (SSSR count). The van der Waals surface area contributed by atoms with Crippen molar-refractivity contribution in [2.75, 3.05) is 25.5 Å². The van der Waals surface area contributed by atoms with Crippen molar-refractivity contribution < 1.29 is 4.79 Å². The molecule has 0 saturated carbocycles. The fraction of sp³-hybridized carbons (Fsp3) is 0.364. The summed E-state index contributed by atoms with van der Waals surface area (Å²) >= 11 is 0. The van der Waals surface area contributed by atoms with E-state index in [1.807, 2.05) is 49.3 Å². The monoisotopic (exact) mass is 378 g/mol. The highest BCUT2D eigenvalue weighted by molar-refractivity contribution is 5.81. The summed E-state index contributed by atoms with van der Waals surface area (Å²) < 4.78 is 3.19. The van der Waals surface area contributed by atoms with Crippen LogP contribution in [0.2, 0.25) is 0 Å². The smallest absolute Gasteiger partial charge is 0.329 e. The number of carbonyl (C=O) groups is 1. The molecule has 6 heteroatoms. The van der Waals surface area contributed by atoms with Crippen LogP contribution in [0.3, 0.4) is 0 Å². The van der Waals surface area contributed by atoms with Crippen molar-refractivity contribution in [3.63, 3.8) is 0 Å². The first kappa shape index (κ1) is 18.3. The number of amides is 1. The van der Waals surface area contributed by atoms with Crippen LogP contribution in [0.25, 0.3) is 11.0 Å². The van der Waals surface area contributed by atoms with Gasteiger partial charge in [0.25, 0.3) is 0 Å². The minimum absolute atomic E-state index is 0.00351. The SMILES string of the molecule is CN(C)c1cccc(C2CCCN2C(=O)Cn2c(=O)n(C)c3ccccc32)c1. The van der Waals surface area contributed by atoms with Crippen molar-refractivity contribution in [3.05, 3.63) is 64.6 Å². The Morgan fingerprint density at radius 3 is 2.61 bits per heavy atom. The van der Waals surface area contributed by atoms with E-state index in [0.29, 0.717) is 0 Å². The van der Waals surface area contributed by atoms with E-state index in [0.717, 1.165) is 41.7 Å². The lowest BCUT2D eigenvalue weighted by Gasteiger charge is -2.26. The fourth-order valence-electron chi connectivity index (χ4n) is 4.16. The highest BCUT2D eigenvalue weighted by atomic mass is 16.2. The van der Waals surface area contributed by atoms with Gasteiger partial charge in [-0.1, -0.05) is 24.3 Å². The Hall–Kier alpha value is -3.02. The van der Waals surface area contributed by atoms with Crippen LogP contribution in [0.4, 0.5) is 5.69 Å². The second-order valence-electron chi connectivity index (χ2n) is 7.65.